The molecule has 1 nitrogen and oxygen atoms in total. The highest BCUT2D eigenvalue weighted by Crippen LogP contribution is 2.27. The first-order valence-electron chi connectivity index (χ1n) is 5.58. The van der Waals surface area contributed by atoms with Gasteiger partial charge in [-0.25, -0.2) is 0 Å². The summed E-state index contributed by atoms with van der Waals surface area (Å²) in [4.78, 5) is 3.67. The van der Waals surface area contributed by atoms with E-state index in [9.17, 15) is 0 Å². The third-order valence-corrected chi connectivity index (χ3v) is 4.75. The Morgan fingerprint density at radius 1 is 1.24 bits per heavy atom. The molecule has 0 aliphatic rings. The van der Waals surface area contributed by atoms with E-state index < -0.39 is 0 Å². The van der Waals surface area contributed by atoms with Gasteiger partial charge in [-0.15, -0.1) is 11.3 Å². The molecule has 0 saturated heterocycles. The maximum atomic E-state index is 3.58. The second kappa shape index (κ2) is 5.23. The van der Waals surface area contributed by atoms with Gasteiger partial charge in [0.15, 0.2) is 0 Å². The summed E-state index contributed by atoms with van der Waals surface area (Å²) in [5.74, 6) is 0. The minimum atomic E-state index is 0.947. The quantitative estimate of drug-likeness (QED) is 0.790. The Bertz CT molecular complexity index is 519. The van der Waals surface area contributed by atoms with Gasteiger partial charge < -0.3 is 4.90 Å². The summed E-state index contributed by atoms with van der Waals surface area (Å²) in [5, 5.41) is 2.12. The van der Waals surface area contributed by atoms with E-state index in [-0.39, 0.29) is 0 Å². The van der Waals surface area contributed by atoms with Crippen LogP contribution >= 0.6 is 27.3 Å². The molecule has 1 aromatic carbocycles. The molecule has 1 aromatic heterocycles. The molecule has 0 bridgehead atoms. The lowest BCUT2D eigenvalue weighted by atomic mass is 10.1. The molecule has 2 aromatic rings. The molecular formula is C14H16BrNS. The normalized spacial score (nSPS) is 10.6. The van der Waals surface area contributed by atoms with E-state index in [0.717, 1.165) is 6.54 Å². The van der Waals surface area contributed by atoms with Crippen LogP contribution in [0.4, 0.5) is 5.69 Å². The van der Waals surface area contributed by atoms with Crippen LogP contribution in [0, 0.1) is 13.8 Å². The van der Waals surface area contributed by atoms with E-state index in [2.05, 4.69) is 71.4 Å². The number of rotatable bonds is 3. The van der Waals surface area contributed by atoms with Crippen LogP contribution in [-0.4, -0.2) is 7.05 Å². The monoisotopic (exact) mass is 309 g/mol. The van der Waals surface area contributed by atoms with Crippen LogP contribution in [0.3, 0.4) is 0 Å². The van der Waals surface area contributed by atoms with Gasteiger partial charge in [0, 0.05) is 22.1 Å². The van der Waals surface area contributed by atoms with Crippen LogP contribution in [0.2, 0.25) is 0 Å². The van der Waals surface area contributed by atoms with Crippen molar-refractivity contribution in [2.24, 2.45) is 0 Å². The highest BCUT2D eigenvalue weighted by atomic mass is 79.9. The van der Waals surface area contributed by atoms with Crippen LogP contribution < -0.4 is 4.90 Å². The fraction of sp³-hybridized carbons (Fsp3) is 0.286. The summed E-state index contributed by atoms with van der Waals surface area (Å²) >= 11 is 5.37. The molecule has 0 atom stereocenters. The first kappa shape index (κ1) is 12.7. The second-order valence-electron chi connectivity index (χ2n) is 4.34. The molecule has 0 radical (unpaired) electrons. The summed E-state index contributed by atoms with van der Waals surface area (Å²) in [7, 11) is 2.14. The van der Waals surface area contributed by atoms with Crippen molar-refractivity contribution in [2.45, 2.75) is 20.4 Å². The van der Waals surface area contributed by atoms with Crippen LogP contribution in [0.5, 0.6) is 0 Å². The number of halogens is 1. The van der Waals surface area contributed by atoms with E-state index in [1.807, 2.05) is 0 Å². The van der Waals surface area contributed by atoms with Crippen molar-refractivity contribution in [1.29, 1.82) is 0 Å². The molecular weight excluding hydrogens is 294 g/mol. The van der Waals surface area contributed by atoms with Crippen LogP contribution in [0.1, 0.15) is 16.0 Å². The number of nitrogens with zero attached hydrogens (tertiary/aromatic N) is 1. The Morgan fingerprint density at radius 2 is 2.00 bits per heavy atom. The van der Waals surface area contributed by atoms with E-state index in [1.165, 1.54) is 26.2 Å². The van der Waals surface area contributed by atoms with Gasteiger partial charge in [0.1, 0.15) is 0 Å². The Hall–Kier alpha value is -0.800. The Balaban J connectivity index is 2.20. The van der Waals surface area contributed by atoms with Crippen LogP contribution in [-0.2, 0) is 6.54 Å². The second-order valence-corrected chi connectivity index (χ2v) is 6.19. The van der Waals surface area contributed by atoms with Gasteiger partial charge in [-0.3, -0.25) is 0 Å². The molecule has 0 spiro atoms. The van der Waals surface area contributed by atoms with E-state index in [0.29, 0.717) is 0 Å². The maximum Gasteiger partial charge on any atom is 0.0531 e. The molecule has 1 heterocycles. The highest BCUT2D eigenvalue weighted by molar-refractivity contribution is 9.10. The largest absolute Gasteiger partial charge is 0.369 e. The SMILES string of the molecule is Cc1ccc(N(C)Cc2sccc2Br)c(C)c1. The fourth-order valence-corrected chi connectivity index (χ4v) is 3.50. The highest BCUT2D eigenvalue weighted by Gasteiger charge is 2.08. The number of aryl methyl sites for hydroxylation is 2. The molecule has 0 aliphatic carbocycles. The summed E-state index contributed by atoms with van der Waals surface area (Å²) in [6.07, 6.45) is 0. The van der Waals surface area contributed by atoms with Gasteiger partial charge in [-0.1, -0.05) is 17.7 Å². The van der Waals surface area contributed by atoms with Crippen molar-refractivity contribution in [3.05, 3.63) is 50.1 Å². The van der Waals surface area contributed by atoms with Crippen molar-refractivity contribution in [1.82, 2.24) is 0 Å². The molecule has 0 N–H and O–H groups in total. The standard InChI is InChI=1S/C14H16BrNS/c1-10-4-5-13(11(2)8-10)16(3)9-14-12(15)6-7-17-14/h4-8H,9H2,1-3H3. The number of benzene rings is 1. The van der Waals surface area contributed by atoms with E-state index >= 15 is 0 Å². The lowest BCUT2D eigenvalue weighted by Crippen LogP contribution is -2.16. The molecule has 90 valence electrons. The smallest absolute Gasteiger partial charge is 0.0531 e. The molecule has 17 heavy (non-hydrogen) atoms. The van der Waals surface area contributed by atoms with Crippen molar-refractivity contribution in [3.8, 4) is 0 Å². The van der Waals surface area contributed by atoms with Crippen molar-refractivity contribution >= 4 is 33.0 Å². The Morgan fingerprint density at radius 3 is 2.59 bits per heavy atom. The van der Waals surface area contributed by atoms with E-state index in [4.69, 9.17) is 0 Å². The summed E-state index contributed by atoms with van der Waals surface area (Å²) in [5.41, 5.74) is 3.95. The number of anilines is 1. The third kappa shape index (κ3) is 2.90. The van der Waals surface area contributed by atoms with Crippen molar-refractivity contribution < 1.29 is 0 Å². The predicted octanol–water partition coefficient (Wildman–Crippen LogP) is 4.76. The van der Waals surface area contributed by atoms with Crippen LogP contribution in [0.25, 0.3) is 0 Å². The fourth-order valence-electron chi connectivity index (χ4n) is 1.97. The first-order valence-corrected chi connectivity index (χ1v) is 7.25. The molecule has 0 fully saturated rings. The Labute approximate surface area is 115 Å². The zero-order valence-electron chi connectivity index (χ0n) is 10.3. The minimum absolute atomic E-state index is 0.947. The van der Waals surface area contributed by atoms with Crippen LogP contribution in [0.15, 0.2) is 34.1 Å². The predicted molar refractivity (Wildman–Crippen MR) is 80.0 cm³/mol. The topological polar surface area (TPSA) is 3.24 Å². The molecule has 3 heteroatoms. The summed E-state index contributed by atoms with van der Waals surface area (Å²) in [6, 6.07) is 8.71. The lowest BCUT2D eigenvalue weighted by Gasteiger charge is -2.21. The average molecular weight is 310 g/mol. The number of hydrogen-bond donors (Lipinski definition) is 0. The summed E-state index contributed by atoms with van der Waals surface area (Å²) in [6.45, 7) is 5.25. The lowest BCUT2D eigenvalue weighted by molar-refractivity contribution is 0.930. The molecule has 0 unspecified atom stereocenters. The van der Waals surface area contributed by atoms with Gasteiger partial charge in [0.05, 0.1) is 6.54 Å². The van der Waals surface area contributed by atoms with Gasteiger partial charge in [0.25, 0.3) is 0 Å². The first-order chi connectivity index (χ1) is 8.08. The van der Waals surface area contributed by atoms with Gasteiger partial charge in [-0.05, 0) is 52.9 Å². The Kier molecular flexibility index (Phi) is 3.89. The zero-order valence-corrected chi connectivity index (χ0v) is 12.7. The van der Waals surface area contributed by atoms with E-state index in [1.54, 1.807) is 11.3 Å². The van der Waals surface area contributed by atoms with Gasteiger partial charge in [0.2, 0.25) is 0 Å². The summed E-state index contributed by atoms with van der Waals surface area (Å²) < 4.78 is 1.21. The number of thiophene rings is 1. The third-order valence-electron chi connectivity index (χ3n) is 2.84. The number of hydrogen-bond acceptors (Lipinski definition) is 2. The van der Waals surface area contributed by atoms with Crippen molar-refractivity contribution in [3.63, 3.8) is 0 Å². The van der Waals surface area contributed by atoms with Gasteiger partial charge >= 0.3 is 0 Å². The zero-order chi connectivity index (χ0) is 12.4. The van der Waals surface area contributed by atoms with Gasteiger partial charge in [-0.2, -0.15) is 0 Å². The molecule has 0 aliphatic heterocycles. The average Bonchev–Trinajstić information content (AvgIpc) is 2.64. The minimum Gasteiger partial charge on any atom is -0.369 e. The molecule has 2 rings (SSSR count). The molecule has 0 saturated carbocycles. The molecule has 0 amide bonds. The van der Waals surface area contributed by atoms with Crippen molar-refractivity contribution in [2.75, 3.05) is 11.9 Å². The maximum absolute atomic E-state index is 3.58.